The molecule has 3 heteroatoms. The Morgan fingerprint density at radius 2 is 2.15 bits per heavy atom. The highest BCUT2D eigenvalue weighted by atomic mass is 16.6. The standard InChI is InChI=1S/C10H13NO2/c1-3-11-10(12)13-9-7-5-4-6-8(9)2/h4-7H,3H2,1-2H3,(H,11,12). The molecule has 0 aliphatic carbocycles. The van der Waals surface area contributed by atoms with Gasteiger partial charge in [-0.25, -0.2) is 4.79 Å². The van der Waals surface area contributed by atoms with Crippen LogP contribution < -0.4 is 10.1 Å². The highest BCUT2D eigenvalue weighted by Crippen LogP contribution is 2.15. The molecule has 0 radical (unpaired) electrons. The number of hydrogen-bond acceptors (Lipinski definition) is 2. The molecule has 1 aromatic rings. The molecule has 1 N–H and O–H groups in total. The molecule has 0 aromatic heterocycles. The van der Waals surface area contributed by atoms with Gasteiger partial charge >= 0.3 is 6.09 Å². The zero-order chi connectivity index (χ0) is 9.68. The van der Waals surface area contributed by atoms with Gasteiger partial charge in [-0.05, 0) is 25.5 Å². The summed E-state index contributed by atoms with van der Waals surface area (Å²) in [6, 6.07) is 7.40. The summed E-state index contributed by atoms with van der Waals surface area (Å²) in [7, 11) is 0. The van der Waals surface area contributed by atoms with Crippen molar-refractivity contribution in [2.75, 3.05) is 6.54 Å². The molecule has 0 unspecified atom stereocenters. The average Bonchev–Trinajstić information content (AvgIpc) is 2.09. The fourth-order valence-electron chi connectivity index (χ4n) is 0.951. The van der Waals surface area contributed by atoms with Crippen molar-refractivity contribution in [2.24, 2.45) is 0 Å². The molecule has 0 aliphatic heterocycles. The van der Waals surface area contributed by atoms with E-state index in [0.29, 0.717) is 12.3 Å². The number of benzene rings is 1. The van der Waals surface area contributed by atoms with Gasteiger partial charge in [0.25, 0.3) is 0 Å². The van der Waals surface area contributed by atoms with Gasteiger partial charge in [0.2, 0.25) is 0 Å². The van der Waals surface area contributed by atoms with Gasteiger partial charge in [0.1, 0.15) is 5.75 Å². The maximum atomic E-state index is 11.0. The van der Waals surface area contributed by atoms with Crippen LogP contribution >= 0.6 is 0 Å². The van der Waals surface area contributed by atoms with Crippen LogP contribution in [0.25, 0.3) is 0 Å². The molecular weight excluding hydrogens is 166 g/mol. The second kappa shape index (κ2) is 4.50. The first-order valence-corrected chi connectivity index (χ1v) is 4.25. The van der Waals surface area contributed by atoms with Gasteiger partial charge in [0, 0.05) is 6.54 Å². The van der Waals surface area contributed by atoms with E-state index < -0.39 is 6.09 Å². The van der Waals surface area contributed by atoms with Crippen LogP contribution in [-0.2, 0) is 0 Å². The van der Waals surface area contributed by atoms with E-state index in [1.807, 2.05) is 32.0 Å². The Morgan fingerprint density at radius 1 is 1.46 bits per heavy atom. The minimum atomic E-state index is -0.406. The largest absolute Gasteiger partial charge is 0.412 e. The van der Waals surface area contributed by atoms with E-state index in [0.717, 1.165) is 5.56 Å². The van der Waals surface area contributed by atoms with Gasteiger partial charge in [-0.15, -0.1) is 0 Å². The predicted octanol–water partition coefficient (Wildman–Crippen LogP) is 2.10. The topological polar surface area (TPSA) is 38.3 Å². The normalized spacial score (nSPS) is 9.38. The van der Waals surface area contributed by atoms with E-state index in [9.17, 15) is 4.79 Å². The Morgan fingerprint density at radius 3 is 2.77 bits per heavy atom. The lowest BCUT2D eigenvalue weighted by Gasteiger charge is -2.06. The Hall–Kier alpha value is -1.51. The summed E-state index contributed by atoms with van der Waals surface area (Å²) in [4.78, 5) is 11.0. The minimum Gasteiger partial charge on any atom is -0.410 e. The number of carbonyl (C=O) groups is 1. The third kappa shape index (κ3) is 2.78. The number of ether oxygens (including phenoxy) is 1. The SMILES string of the molecule is CCNC(=O)Oc1ccccc1C. The summed E-state index contributed by atoms with van der Waals surface area (Å²) < 4.78 is 5.04. The lowest BCUT2D eigenvalue weighted by molar-refractivity contribution is 0.201. The second-order valence-electron chi connectivity index (χ2n) is 2.69. The minimum absolute atomic E-state index is 0.406. The third-order valence-corrected chi connectivity index (χ3v) is 1.62. The molecule has 0 aliphatic rings. The number of aryl methyl sites for hydroxylation is 1. The van der Waals surface area contributed by atoms with Gasteiger partial charge in [0.15, 0.2) is 0 Å². The molecular formula is C10H13NO2. The first-order chi connectivity index (χ1) is 6.24. The van der Waals surface area contributed by atoms with Gasteiger partial charge in [-0.2, -0.15) is 0 Å². The molecule has 1 amide bonds. The fraction of sp³-hybridized carbons (Fsp3) is 0.300. The van der Waals surface area contributed by atoms with Crippen molar-refractivity contribution < 1.29 is 9.53 Å². The van der Waals surface area contributed by atoms with E-state index >= 15 is 0 Å². The smallest absolute Gasteiger partial charge is 0.410 e. The zero-order valence-corrected chi connectivity index (χ0v) is 7.83. The van der Waals surface area contributed by atoms with Crippen LogP contribution in [0.3, 0.4) is 0 Å². The second-order valence-corrected chi connectivity index (χ2v) is 2.69. The zero-order valence-electron chi connectivity index (χ0n) is 7.83. The van der Waals surface area contributed by atoms with E-state index in [2.05, 4.69) is 5.32 Å². The molecule has 13 heavy (non-hydrogen) atoms. The fourth-order valence-corrected chi connectivity index (χ4v) is 0.951. The summed E-state index contributed by atoms with van der Waals surface area (Å²) >= 11 is 0. The van der Waals surface area contributed by atoms with Crippen molar-refractivity contribution in [3.8, 4) is 5.75 Å². The highest BCUT2D eigenvalue weighted by Gasteiger charge is 2.03. The van der Waals surface area contributed by atoms with Crippen LogP contribution in [0.15, 0.2) is 24.3 Å². The quantitative estimate of drug-likeness (QED) is 0.755. The number of hydrogen-bond donors (Lipinski definition) is 1. The molecule has 0 spiro atoms. The summed E-state index contributed by atoms with van der Waals surface area (Å²) in [6.07, 6.45) is -0.406. The summed E-state index contributed by atoms with van der Waals surface area (Å²) in [5.41, 5.74) is 0.953. The van der Waals surface area contributed by atoms with Crippen molar-refractivity contribution in [2.45, 2.75) is 13.8 Å². The highest BCUT2D eigenvalue weighted by molar-refractivity contribution is 5.70. The predicted molar refractivity (Wildman–Crippen MR) is 50.9 cm³/mol. The molecule has 1 rings (SSSR count). The molecule has 3 nitrogen and oxygen atoms in total. The van der Waals surface area contributed by atoms with E-state index in [-0.39, 0.29) is 0 Å². The van der Waals surface area contributed by atoms with Crippen molar-refractivity contribution in [3.05, 3.63) is 29.8 Å². The Bertz CT molecular complexity index is 297. The van der Waals surface area contributed by atoms with Crippen LogP contribution in [0.2, 0.25) is 0 Å². The Kier molecular flexibility index (Phi) is 3.31. The Labute approximate surface area is 77.7 Å². The maximum absolute atomic E-state index is 11.0. The molecule has 0 saturated heterocycles. The van der Waals surface area contributed by atoms with Crippen molar-refractivity contribution in [1.29, 1.82) is 0 Å². The summed E-state index contributed by atoms with van der Waals surface area (Å²) in [5, 5.41) is 2.56. The van der Waals surface area contributed by atoms with Crippen LogP contribution in [0, 0.1) is 6.92 Å². The van der Waals surface area contributed by atoms with Crippen LogP contribution in [-0.4, -0.2) is 12.6 Å². The van der Waals surface area contributed by atoms with Crippen LogP contribution in [0.4, 0.5) is 4.79 Å². The van der Waals surface area contributed by atoms with E-state index in [1.165, 1.54) is 0 Å². The first kappa shape index (κ1) is 9.58. The third-order valence-electron chi connectivity index (χ3n) is 1.62. The lowest BCUT2D eigenvalue weighted by atomic mass is 10.2. The maximum Gasteiger partial charge on any atom is 0.412 e. The molecule has 0 saturated carbocycles. The molecule has 0 heterocycles. The molecule has 1 aromatic carbocycles. The molecule has 70 valence electrons. The van der Waals surface area contributed by atoms with Crippen LogP contribution in [0.1, 0.15) is 12.5 Å². The number of carbonyl (C=O) groups excluding carboxylic acids is 1. The number of amides is 1. The lowest BCUT2D eigenvalue weighted by Crippen LogP contribution is -2.26. The summed E-state index contributed by atoms with van der Waals surface area (Å²) in [5.74, 6) is 0.605. The van der Waals surface area contributed by atoms with E-state index in [4.69, 9.17) is 4.74 Å². The molecule has 0 bridgehead atoms. The van der Waals surface area contributed by atoms with Gasteiger partial charge in [-0.3, -0.25) is 0 Å². The van der Waals surface area contributed by atoms with Crippen molar-refractivity contribution in [3.63, 3.8) is 0 Å². The molecule has 0 atom stereocenters. The van der Waals surface area contributed by atoms with Gasteiger partial charge < -0.3 is 10.1 Å². The van der Waals surface area contributed by atoms with Crippen LogP contribution in [0.5, 0.6) is 5.75 Å². The number of rotatable bonds is 2. The van der Waals surface area contributed by atoms with E-state index in [1.54, 1.807) is 6.07 Å². The number of nitrogens with one attached hydrogen (secondary N) is 1. The van der Waals surface area contributed by atoms with Crippen molar-refractivity contribution in [1.82, 2.24) is 5.32 Å². The monoisotopic (exact) mass is 179 g/mol. The number of para-hydroxylation sites is 1. The van der Waals surface area contributed by atoms with Gasteiger partial charge in [0.05, 0.1) is 0 Å². The van der Waals surface area contributed by atoms with Crippen molar-refractivity contribution >= 4 is 6.09 Å². The summed E-state index contributed by atoms with van der Waals surface area (Å²) in [6.45, 7) is 4.32. The van der Waals surface area contributed by atoms with Gasteiger partial charge in [-0.1, -0.05) is 18.2 Å². The Balaban J connectivity index is 2.63. The first-order valence-electron chi connectivity index (χ1n) is 4.25. The average molecular weight is 179 g/mol. The molecule has 0 fully saturated rings.